The van der Waals surface area contributed by atoms with Crippen molar-refractivity contribution in [2.24, 2.45) is 0 Å². The molecular formula is C18H20N2O3S2. The first kappa shape index (κ1) is 17.8. The number of fused-ring (bicyclic) bond motifs is 1. The number of carbonyl (C=O) groups excluding carboxylic acids is 1. The summed E-state index contributed by atoms with van der Waals surface area (Å²) < 4.78 is 27.9. The van der Waals surface area contributed by atoms with E-state index in [4.69, 9.17) is 0 Å². The van der Waals surface area contributed by atoms with Gasteiger partial charge in [0.25, 0.3) is 10.0 Å². The number of hydrogen-bond donors (Lipinski definition) is 1. The second-order valence-electron chi connectivity index (χ2n) is 6.07. The molecule has 132 valence electrons. The highest BCUT2D eigenvalue weighted by Crippen LogP contribution is 2.34. The third-order valence-electron chi connectivity index (χ3n) is 4.26. The van der Waals surface area contributed by atoms with E-state index in [2.05, 4.69) is 4.72 Å². The quantitative estimate of drug-likeness (QED) is 0.830. The molecule has 2 aromatic carbocycles. The van der Waals surface area contributed by atoms with Crippen molar-refractivity contribution < 1.29 is 13.2 Å². The van der Waals surface area contributed by atoms with Crippen LogP contribution in [0.4, 0.5) is 11.4 Å². The van der Waals surface area contributed by atoms with E-state index in [1.54, 1.807) is 47.0 Å². The standard InChI is InChI=1S/C18H20N2O3S2/c1-12-10-14-11-17(8-9-18(14)20(12)13(2)21)25(22,23)19-15-4-6-16(24-3)7-5-15/h4-9,11-12,19H,10H2,1-3H3. The molecule has 1 N–H and O–H groups in total. The summed E-state index contributed by atoms with van der Waals surface area (Å²) in [7, 11) is -3.67. The molecular weight excluding hydrogens is 356 g/mol. The number of amides is 1. The van der Waals surface area contributed by atoms with Crippen LogP contribution in [0.3, 0.4) is 0 Å². The first-order valence-electron chi connectivity index (χ1n) is 7.91. The average molecular weight is 377 g/mol. The van der Waals surface area contributed by atoms with Crippen LogP contribution in [0.25, 0.3) is 0 Å². The Labute approximate surface area is 152 Å². The van der Waals surface area contributed by atoms with Crippen molar-refractivity contribution >= 4 is 39.1 Å². The summed E-state index contributed by atoms with van der Waals surface area (Å²) in [5.74, 6) is -0.0335. The highest BCUT2D eigenvalue weighted by Gasteiger charge is 2.30. The molecule has 0 spiro atoms. The van der Waals surface area contributed by atoms with E-state index in [0.29, 0.717) is 12.1 Å². The number of sulfonamides is 1. The maximum atomic E-state index is 12.7. The average Bonchev–Trinajstić information content (AvgIpc) is 2.90. The maximum absolute atomic E-state index is 12.7. The molecule has 5 nitrogen and oxygen atoms in total. The molecule has 0 bridgehead atoms. The maximum Gasteiger partial charge on any atom is 0.261 e. The van der Waals surface area contributed by atoms with Crippen LogP contribution in [-0.4, -0.2) is 26.6 Å². The lowest BCUT2D eigenvalue weighted by molar-refractivity contribution is -0.116. The zero-order valence-corrected chi connectivity index (χ0v) is 15.9. The lowest BCUT2D eigenvalue weighted by Gasteiger charge is -2.20. The van der Waals surface area contributed by atoms with E-state index < -0.39 is 10.0 Å². The van der Waals surface area contributed by atoms with Crippen molar-refractivity contribution in [3.8, 4) is 0 Å². The SMILES string of the molecule is CSc1ccc(NS(=O)(=O)c2ccc3c(c2)CC(C)N3C(C)=O)cc1. The van der Waals surface area contributed by atoms with Gasteiger partial charge in [-0.2, -0.15) is 0 Å². The van der Waals surface area contributed by atoms with Crippen LogP contribution in [0, 0.1) is 0 Å². The van der Waals surface area contributed by atoms with Crippen molar-refractivity contribution in [2.45, 2.75) is 36.1 Å². The van der Waals surface area contributed by atoms with Crippen LogP contribution in [-0.2, 0) is 21.2 Å². The molecule has 1 amide bonds. The van der Waals surface area contributed by atoms with Gasteiger partial charge >= 0.3 is 0 Å². The van der Waals surface area contributed by atoms with Crippen molar-refractivity contribution in [3.63, 3.8) is 0 Å². The van der Waals surface area contributed by atoms with Gasteiger partial charge in [0.05, 0.1) is 4.90 Å². The van der Waals surface area contributed by atoms with Gasteiger partial charge in [-0.3, -0.25) is 9.52 Å². The molecule has 1 unspecified atom stereocenters. The molecule has 1 heterocycles. The molecule has 0 fully saturated rings. The van der Waals surface area contributed by atoms with Gasteiger partial charge < -0.3 is 4.90 Å². The number of rotatable bonds is 4. The Morgan fingerprint density at radius 1 is 1.20 bits per heavy atom. The first-order valence-corrected chi connectivity index (χ1v) is 10.6. The number of anilines is 2. The molecule has 1 aliphatic rings. The highest BCUT2D eigenvalue weighted by atomic mass is 32.2. The molecule has 1 aliphatic heterocycles. The first-order chi connectivity index (χ1) is 11.8. The highest BCUT2D eigenvalue weighted by molar-refractivity contribution is 7.98. The topological polar surface area (TPSA) is 66.5 Å². The molecule has 3 rings (SSSR count). The van der Waals surface area contributed by atoms with Gasteiger partial charge in [0.2, 0.25) is 5.91 Å². The number of benzene rings is 2. The molecule has 25 heavy (non-hydrogen) atoms. The Bertz CT molecular complexity index is 908. The van der Waals surface area contributed by atoms with Crippen molar-refractivity contribution in [1.82, 2.24) is 0 Å². The van der Waals surface area contributed by atoms with Gasteiger partial charge in [0, 0.05) is 29.2 Å². The molecule has 2 aromatic rings. The molecule has 0 saturated heterocycles. The molecule has 0 aliphatic carbocycles. The summed E-state index contributed by atoms with van der Waals surface area (Å²) in [4.78, 5) is 14.8. The zero-order valence-electron chi connectivity index (χ0n) is 14.3. The molecule has 7 heteroatoms. The third-order valence-corrected chi connectivity index (χ3v) is 6.38. The molecule has 0 saturated carbocycles. The Morgan fingerprint density at radius 2 is 1.88 bits per heavy atom. The Hall–Kier alpha value is -1.99. The van der Waals surface area contributed by atoms with E-state index in [1.165, 1.54) is 6.92 Å². The van der Waals surface area contributed by atoms with Crippen LogP contribution < -0.4 is 9.62 Å². The number of carbonyl (C=O) groups is 1. The number of nitrogens with one attached hydrogen (secondary N) is 1. The number of nitrogens with zero attached hydrogens (tertiary/aromatic N) is 1. The van der Waals surface area contributed by atoms with E-state index in [9.17, 15) is 13.2 Å². The van der Waals surface area contributed by atoms with Gasteiger partial charge in [-0.25, -0.2) is 8.42 Å². The third kappa shape index (κ3) is 3.52. The van der Waals surface area contributed by atoms with Crippen molar-refractivity contribution in [2.75, 3.05) is 15.9 Å². The summed E-state index contributed by atoms with van der Waals surface area (Å²) >= 11 is 1.60. The second kappa shape index (κ2) is 6.72. The van der Waals surface area contributed by atoms with Gasteiger partial charge in [0.15, 0.2) is 0 Å². The summed E-state index contributed by atoms with van der Waals surface area (Å²) in [6.07, 6.45) is 2.62. The van der Waals surface area contributed by atoms with Gasteiger partial charge in [0.1, 0.15) is 0 Å². The fourth-order valence-corrected chi connectivity index (χ4v) is 4.64. The van der Waals surface area contributed by atoms with E-state index in [-0.39, 0.29) is 16.8 Å². The minimum atomic E-state index is -3.67. The van der Waals surface area contributed by atoms with E-state index in [1.807, 2.05) is 25.3 Å². The van der Waals surface area contributed by atoms with Gasteiger partial charge in [-0.15, -0.1) is 11.8 Å². The summed E-state index contributed by atoms with van der Waals surface area (Å²) in [6, 6.07) is 12.2. The Morgan fingerprint density at radius 3 is 2.48 bits per heavy atom. The largest absolute Gasteiger partial charge is 0.309 e. The second-order valence-corrected chi connectivity index (χ2v) is 8.63. The smallest absolute Gasteiger partial charge is 0.261 e. The summed E-state index contributed by atoms with van der Waals surface area (Å²) in [5, 5.41) is 0. The van der Waals surface area contributed by atoms with E-state index >= 15 is 0 Å². The predicted octanol–water partition coefficient (Wildman–Crippen LogP) is 3.51. The number of thioether (sulfide) groups is 1. The van der Waals surface area contributed by atoms with Crippen LogP contribution >= 0.6 is 11.8 Å². The van der Waals surface area contributed by atoms with Gasteiger partial charge in [-0.1, -0.05) is 0 Å². The molecule has 0 aromatic heterocycles. The van der Waals surface area contributed by atoms with E-state index in [0.717, 1.165) is 16.1 Å². The minimum Gasteiger partial charge on any atom is -0.309 e. The van der Waals surface area contributed by atoms with Crippen LogP contribution in [0.15, 0.2) is 52.3 Å². The van der Waals surface area contributed by atoms with Crippen LogP contribution in [0.1, 0.15) is 19.4 Å². The monoisotopic (exact) mass is 376 g/mol. The van der Waals surface area contributed by atoms with Crippen LogP contribution in [0.2, 0.25) is 0 Å². The predicted molar refractivity (Wildman–Crippen MR) is 102 cm³/mol. The fourth-order valence-electron chi connectivity index (χ4n) is 3.13. The minimum absolute atomic E-state index is 0.0335. The zero-order chi connectivity index (χ0) is 18.2. The fraction of sp³-hybridized carbons (Fsp3) is 0.278. The summed E-state index contributed by atoms with van der Waals surface area (Å²) in [5.41, 5.74) is 2.20. The van der Waals surface area contributed by atoms with Crippen molar-refractivity contribution in [1.29, 1.82) is 0 Å². The lowest BCUT2D eigenvalue weighted by atomic mass is 10.1. The molecule has 0 radical (unpaired) electrons. The Balaban J connectivity index is 1.88. The van der Waals surface area contributed by atoms with Crippen molar-refractivity contribution in [3.05, 3.63) is 48.0 Å². The lowest BCUT2D eigenvalue weighted by Crippen LogP contribution is -2.33. The van der Waals surface area contributed by atoms with Gasteiger partial charge in [-0.05, 0) is 67.6 Å². The summed E-state index contributed by atoms with van der Waals surface area (Å²) in [6.45, 7) is 3.48. The van der Waals surface area contributed by atoms with Crippen LogP contribution in [0.5, 0.6) is 0 Å². The molecule has 1 atom stereocenters. The number of hydrogen-bond acceptors (Lipinski definition) is 4. The Kier molecular flexibility index (Phi) is 4.79. The normalized spacial score (nSPS) is 16.6.